The van der Waals surface area contributed by atoms with Crippen LogP contribution in [0.1, 0.15) is 21.8 Å². The first-order valence-corrected chi connectivity index (χ1v) is 8.03. The number of ketones is 1. The van der Waals surface area contributed by atoms with E-state index in [1.165, 1.54) is 18.2 Å². The minimum atomic E-state index is -1.24. The topological polar surface area (TPSA) is 40.9 Å². The van der Waals surface area contributed by atoms with Gasteiger partial charge in [-0.3, -0.25) is 4.79 Å². The van der Waals surface area contributed by atoms with Crippen LogP contribution in [0.25, 0.3) is 0 Å². The molecule has 0 aliphatic heterocycles. The van der Waals surface area contributed by atoms with Crippen LogP contribution in [-0.2, 0) is 0 Å². The molecule has 2 aromatic carbocycles. The van der Waals surface area contributed by atoms with Crippen molar-refractivity contribution in [2.75, 3.05) is 0 Å². The number of Topliss-reactive ketones (excluding diaryl/α,β-unsaturated/α-hetero) is 1. The zero-order chi connectivity index (χ0) is 15.6. The highest BCUT2D eigenvalue weighted by molar-refractivity contribution is 14.1. The summed E-state index contributed by atoms with van der Waals surface area (Å²) in [5.74, 6) is -2.44. The Bertz CT molecular complexity index is 760. The molecule has 0 fully saturated rings. The van der Waals surface area contributed by atoms with Gasteiger partial charge >= 0.3 is 0 Å². The lowest BCUT2D eigenvalue weighted by atomic mass is 9.91. The highest BCUT2D eigenvalue weighted by Gasteiger charge is 2.27. The Morgan fingerprint density at radius 3 is 2.76 bits per heavy atom. The van der Waals surface area contributed by atoms with Crippen LogP contribution in [0.15, 0.2) is 40.9 Å². The van der Waals surface area contributed by atoms with Crippen molar-refractivity contribution >= 4 is 55.9 Å². The molecule has 0 saturated heterocycles. The Morgan fingerprint density at radius 2 is 2.10 bits per heavy atom. The summed E-state index contributed by atoms with van der Waals surface area (Å²) in [6.45, 7) is 0. The molecule has 0 heterocycles. The second-order valence-corrected chi connectivity index (χ2v) is 6.70. The molecular formula is C15H7BrClFINO. The molecule has 1 atom stereocenters. The van der Waals surface area contributed by atoms with E-state index < -0.39 is 17.5 Å². The van der Waals surface area contributed by atoms with Crippen LogP contribution in [0.4, 0.5) is 4.39 Å². The lowest BCUT2D eigenvalue weighted by Gasteiger charge is -2.12. The van der Waals surface area contributed by atoms with Gasteiger partial charge in [-0.15, -0.1) is 0 Å². The summed E-state index contributed by atoms with van der Waals surface area (Å²) in [6.07, 6.45) is 0. The minimum Gasteiger partial charge on any atom is -0.292 e. The molecule has 1 unspecified atom stereocenters. The standard InChI is InChI=1S/C15H7BrClFINO/c16-12-5-4-8(19)6-10(12)15(21)11(7-20)9-2-1-3-13(17)14(9)18/h1-6,11H. The van der Waals surface area contributed by atoms with E-state index in [1.807, 2.05) is 12.1 Å². The van der Waals surface area contributed by atoms with Crippen LogP contribution in [0, 0.1) is 20.7 Å². The van der Waals surface area contributed by atoms with Gasteiger partial charge < -0.3 is 0 Å². The first kappa shape index (κ1) is 16.4. The number of hydrogen-bond acceptors (Lipinski definition) is 2. The maximum Gasteiger partial charge on any atom is 0.185 e. The van der Waals surface area contributed by atoms with Crippen LogP contribution in [0.3, 0.4) is 0 Å². The van der Waals surface area contributed by atoms with Gasteiger partial charge in [0.25, 0.3) is 0 Å². The zero-order valence-corrected chi connectivity index (χ0v) is 14.9. The number of carbonyl (C=O) groups is 1. The molecule has 2 rings (SSSR count). The minimum absolute atomic E-state index is 0.0132. The van der Waals surface area contributed by atoms with Crippen LogP contribution in [0.5, 0.6) is 0 Å². The fourth-order valence-corrected chi connectivity index (χ4v) is 2.97. The van der Waals surface area contributed by atoms with E-state index in [2.05, 4.69) is 38.5 Å². The van der Waals surface area contributed by atoms with E-state index in [1.54, 1.807) is 12.1 Å². The monoisotopic (exact) mass is 477 g/mol. The average molecular weight is 478 g/mol. The summed E-state index contributed by atoms with van der Waals surface area (Å²) >= 11 is 11.1. The maximum absolute atomic E-state index is 14.0. The largest absolute Gasteiger partial charge is 0.292 e. The highest BCUT2D eigenvalue weighted by Crippen LogP contribution is 2.30. The third-order valence-electron chi connectivity index (χ3n) is 2.88. The van der Waals surface area contributed by atoms with Crippen molar-refractivity contribution in [2.45, 2.75) is 5.92 Å². The lowest BCUT2D eigenvalue weighted by molar-refractivity contribution is 0.0976. The SMILES string of the molecule is N#CC(C(=O)c1cc(I)ccc1Br)c1cccc(Cl)c1F. The molecule has 2 nitrogen and oxygen atoms in total. The first-order valence-electron chi connectivity index (χ1n) is 5.78. The van der Waals surface area contributed by atoms with Gasteiger partial charge in [0.15, 0.2) is 5.78 Å². The maximum atomic E-state index is 14.0. The van der Waals surface area contributed by atoms with Gasteiger partial charge in [0.05, 0.1) is 11.1 Å². The molecular weight excluding hydrogens is 471 g/mol. The van der Waals surface area contributed by atoms with Gasteiger partial charge in [0, 0.05) is 19.2 Å². The number of benzene rings is 2. The summed E-state index contributed by atoms with van der Waals surface area (Å²) in [5.41, 5.74) is 0.327. The summed E-state index contributed by atoms with van der Waals surface area (Å²) < 4.78 is 15.5. The van der Waals surface area contributed by atoms with Crippen molar-refractivity contribution in [3.05, 3.63) is 66.4 Å². The van der Waals surface area contributed by atoms with E-state index in [-0.39, 0.29) is 10.6 Å². The number of halogens is 4. The molecule has 0 bridgehead atoms. The Kier molecular flexibility index (Phi) is 5.36. The molecule has 0 N–H and O–H groups in total. The summed E-state index contributed by atoms with van der Waals surface area (Å²) in [7, 11) is 0. The van der Waals surface area contributed by atoms with Crippen molar-refractivity contribution in [1.29, 1.82) is 5.26 Å². The molecule has 2 aromatic rings. The average Bonchev–Trinajstić information content (AvgIpc) is 2.46. The molecule has 0 aliphatic carbocycles. The zero-order valence-electron chi connectivity index (χ0n) is 10.4. The fourth-order valence-electron chi connectivity index (χ4n) is 1.85. The third kappa shape index (κ3) is 3.44. The Labute approximate surface area is 148 Å². The number of hydrogen-bond donors (Lipinski definition) is 0. The Morgan fingerprint density at radius 1 is 1.38 bits per heavy atom. The summed E-state index contributed by atoms with van der Waals surface area (Å²) in [5, 5.41) is 9.18. The quantitative estimate of drug-likeness (QED) is 0.442. The van der Waals surface area contributed by atoms with Gasteiger partial charge in [-0.1, -0.05) is 39.7 Å². The van der Waals surface area contributed by atoms with Crippen molar-refractivity contribution < 1.29 is 9.18 Å². The van der Waals surface area contributed by atoms with E-state index in [0.717, 1.165) is 3.57 Å². The molecule has 0 aromatic heterocycles. The van der Waals surface area contributed by atoms with Crippen molar-refractivity contribution in [2.24, 2.45) is 0 Å². The normalized spacial score (nSPS) is 11.8. The van der Waals surface area contributed by atoms with E-state index in [0.29, 0.717) is 10.0 Å². The van der Waals surface area contributed by atoms with Gasteiger partial charge in [-0.2, -0.15) is 5.26 Å². The highest BCUT2D eigenvalue weighted by atomic mass is 127. The number of carbonyl (C=O) groups excluding carboxylic acids is 1. The van der Waals surface area contributed by atoms with Gasteiger partial charge in [0.1, 0.15) is 11.7 Å². The number of rotatable bonds is 3. The molecule has 0 saturated carbocycles. The predicted molar refractivity (Wildman–Crippen MR) is 91.0 cm³/mol. The summed E-state index contributed by atoms with van der Waals surface area (Å²) in [4.78, 5) is 12.5. The Balaban J connectivity index is 2.52. The van der Waals surface area contributed by atoms with Crippen LogP contribution < -0.4 is 0 Å². The van der Waals surface area contributed by atoms with Crippen LogP contribution in [-0.4, -0.2) is 5.78 Å². The fraction of sp³-hybridized carbons (Fsp3) is 0.0667. The number of nitriles is 1. The van der Waals surface area contributed by atoms with Gasteiger partial charge in [-0.05, 0) is 46.9 Å². The molecule has 0 spiro atoms. The van der Waals surface area contributed by atoms with Crippen LogP contribution in [0.2, 0.25) is 5.02 Å². The molecule has 6 heteroatoms. The molecule has 106 valence electrons. The van der Waals surface area contributed by atoms with Crippen molar-refractivity contribution in [1.82, 2.24) is 0 Å². The lowest BCUT2D eigenvalue weighted by Crippen LogP contribution is -2.14. The smallest absolute Gasteiger partial charge is 0.185 e. The van der Waals surface area contributed by atoms with E-state index in [9.17, 15) is 14.4 Å². The van der Waals surface area contributed by atoms with Gasteiger partial charge in [0.2, 0.25) is 0 Å². The molecule has 0 amide bonds. The Hall–Kier alpha value is -0.970. The predicted octanol–water partition coefficient (Wildman–Crippen LogP) is 5.34. The second-order valence-electron chi connectivity index (χ2n) is 4.19. The van der Waals surface area contributed by atoms with E-state index in [4.69, 9.17) is 11.6 Å². The molecule has 0 radical (unpaired) electrons. The van der Waals surface area contributed by atoms with Gasteiger partial charge in [-0.25, -0.2) is 4.39 Å². The first-order chi connectivity index (χ1) is 9.95. The number of nitrogens with zero attached hydrogens (tertiary/aromatic N) is 1. The van der Waals surface area contributed by atoms with Crippen LogP contribution >= 0.6 is 50.1 Å². The second kappa shape index (κ2) is 6.86. The third-order valence-corrected chi connectivity index (χ3v) is 4.53. The molecule has 0 aliphatic rings. The summed E-state index contributed by atoms with van der Waals surface area (Å²) in [6, 6.07) is 11.3. The van der Waals surface area contributed by atoms with Crippen molar-refractivity contribution in [3.8, 4) is 6.07 Å². The van der Waals surface area contributed by atoms with E-state index >= 15 is 0 Å². The molecule has 21 heavy (non-hydrogen) atoms. The van der Waals surface area contributed by atoms with Crippen molar-refractivity contribution in [3.63, 3.8) is 0 Å².